The second-order valence-electron chi connectivity index (χ2n) is 13.4. The molecule has 0 heterocycles. The lowest BCUT2D eigenvalue weighted by Gasteiger charge is -2.28. The molecule has 1 amide bonds. The third-order valence-electron chi connectivity index (χ3n) is 9.05. The fourth-order valence-electron chi connectivity index (χ4n) is 6.12. The predicted octanol–water partition coefficient (Wildman–Crippen LogP) is 11.7. The lowest BCUT2D eigenvalue weighted by molar-refractivity contribution is -0.141. The van der Waals surface area contributed by atoms with E-state index in [4.69, 9.17) is 5.73 Å². The van der Waals surface area contributed by atoms with Crippen LogP contribution >= 0.6 is 0 Å². The lowest BCUT2D eigenvalue weighted by atomic mass is 10.1. The van der Waals surface area contributed by atoms with Crippen molar-refractivity contribution in [3.05, 3.63) is 24.3 Å². The number of amides is 1. The van der Waals surface area contributed by atoms with Gasteiger partial charge in [-0.3, -0.25) is 14.5 Å². The van der Waals surface area contributed by atoms with Crippen LogP contribution in [0.5, 0.6) is 0 Å². The molecule has 0 bridgehead atoms. The molecule has 0 aliphatic carbocycles. The molecule has 0 radical (unpaired) electrons. The summed E-state index contributed by atoms with van der Waals surface area (Å²) in [6.45, 7) is 6.05. The summed E-state index contributed by atoms with van der Waals surface area (Å²) in [6, 6.07) is -0.700. The van der Waals surface area contributed by atoms with Gasteiger partial charge in [-0.2, -0.15) is 0 Å². The summed E-state index contributed by atoms with van der Waals surface area (Å²) in [7, 11) is 0. The zero-order valence-electron chi connectivity index (χ0n) is 30.1. The SMILES string of the molecule is CCCCCCCC/C=C\CCCCCCCCN(CCCCCCCC/C=C\CCCCCCCC)[C@@H](CC(=O)O)C(N)=O. The number of rotatable bonds is 36. The molecule has 5 nitrogen and oxygen atoms in total. The molecule has 0 saturated heterocycles. The highest BCUT2D eigenvalue weighted by molar-refractivity contribution is 5.84. The second kappa shape index (κ2) is 35.2. The molecule has 0 saturated carbocycles. The average molecular weight is 633 g/mol. The molecule has 0 aromatic heterocycles. The minimum absolute atomic E-state index is 0.200. The van der Waals surface area contributed by atoms with E-state index in [2.05, 4.69) is 43.1 Å². The number of carboxylic acids is 1. The van der Waals surface area contributed by atoms with Gasteiger partial charge in [0.05, 0.1) is 12.5 Å². The number of nitrogens with two attached hydrogens (primary N) is 1. The van der Waals surface area contributed by atoms with E-state index < -0.39 is 17.9 Å². The first-order valence-electron chi connectivity index (χ1n) is 19.6. The van der Waals surface area contributed by atoms with Crippen LogP contribution in [0.15, 0.2) is 24.3 Å². The fraction of sp³-hybridized carbons (Fsp3) is 0.850. The van der Waals surface area contributed by atoms with Crippen molar-refractivity contribution in [2.75, 3.05) is 13.1 Å². The Morgan fingerprint density at radius 1 is 0.511 bits per heavy atom. The summed E-state index contributed by atoms with van der Waals surface area (Å²) in [5.41, 5.74) is 5.65. The van der Waals surface area contributed by atoms with Gasteiger partial charge in [0.15, 0.2) is 0 Å². The molecule has 5 heteroatoms. The highest BCUT2D eigenvalue weighted by Crippen LogP contribution is 2.15. The van der Waals surface area contributed by atoms with E-state index in [0.717, 1.165) is 38.8 Å². The van der Waals surface area contributed by atoms with Crippen molar-refractivity contribution in [3.8, 4) is 0 Å². The van der Waals surface area contributed by atoms with Crippen molar-refractivity contribution in [2.24, 2.45) is 5.73 Å². The Labute approximate surface area is 280 Å². The van der Waals surface area contributed by atoms with Crippen LogP contribution in [-0.4, -0.2) is 41.0 Å². The van der Waals surface area contributed by atoms with E-state index in [1.807, 2.05) is 0 Å². The standard InChI is InChI=1S/C40H76N2O3/c1-3-5-7-9-11-13-15-17-19-21-23-25-27-29-31-33-35-42(38(40(41)45)37-39(43)44)36-34-32-30-28-26-24-22-20-18-16-14-12-10-8-6-4-2/h17-20,38H,3-16,21-37H2,1-2H3,(H2,41,45)(H,43,44)/b19-17-,20-18-/t38-/m0/s1. The highest BCUT2D eigenvalue weighted by atomic mass is 16.4. The van der Waals surface area contributed by atoms with Crippen LogP contribution in [-0.2, 0) is 9.59 Å². The van der Waals surface area contributed by atoms with E-state index in [0.29, 0.717) is 0 Å². The van der Waals surface area contributed by atoms with Crippen molar-refractivity contribution in [1.82, 2.24) is 4.90 Å². The molecule has 1 atom stereocenters. The normalized spacial score (nSPS) is 12.6. The summed E-state index contributed by atoms with van der Waals surface area (Å²) < 4.78 is 0. The van der Waals surface area contributed by atoms with Gasteiger partial charge in [0.25, 0.3) is 0 Å². The van der Waals surface area contributed by atoms with Crippen molar-refractivity contribution in [3.63, 3.8) is 0 Å². The van der Waals surface area contributed by atoms with Gasteiger partial charge in [-0.25, -0.2) is 0 Å². The van der Waals surface area contributed by atoms with Gasteiger partial charge in [-0.1, -0.05) is 154 Å². The van der Waals surface area contributed by atoms with Crippen LogP contribution in [0.4, 0.5) is 0 Å². The monoisotopic (exact) mass is 633 g/mol. The Morgan fingerprint density at radius 2 is 0.800 bits per heavy atom. The smallest absolute Gasteiger partial charge is 0.305 e. The molecule has 0 rings (SSSR count). The number of hydrogen-bond donors (Lipinski definition) is 2. The van der Waals surface area contributed by atoms with Crippen LogP contribution in [0.25, 0.3) is 0 Å². The van der Waals surface area contributed by atoms with Gasteiger partial charge in [-0.05, 0) is 77.3 Å². The minimum atomic E-state index is -0.953. The Hall–Kier alpha value is -1.62. The van der Waals surface area contributed by atoms with Gasteiger partial charge in [0.1, 0.15) is 0 Å². The average Bonchev–Trinajstić information content (AvgIpc) is 3.02. The van der Waals surface area contributed by atoms with Gasteiger partial charge in [0.2, 0.25) is 5.91 Å². The number of unbranched alkanes of at least 4 members (excludes halogenated alkanes) is 24. The number of carboxylic acid groups (broad SMARTS) is 1. The van der Waals surface area contributed by atoms with E-state index in [1.165, 1.54) is 154 Å². The number of carbonyl (C=O) groups excluding carboxylic acids is 1. The third kappa shape index (κ3) is 32.1. The first kappa shape index (κ1) is 43.4. The summed E-state index contributed by atoms with van der Waals surface area (Å²) in [4.78, 5) is 25.6. The topological polar surface area (TPSA) is 83.6 Å². The first-order valence-corrected chi connectivity index (χ1v) is 19.6. The predicted molar refractivity (Wildman–Crippen MR) is 196 cm³/mol. The maximum atomic E-state index is 12.1. The van der Waals surface area contributed by atoms with Gasteiger partial charge >= 0.3 is 5.97 Å². The Morgan fingerprint density at radius 3 is 1.09 bits per heavy atom. The van der Waals surface area contributed by atoms with Crippen molar-refractivity contribution >= 4 is 11.9 Å². The summed E-state index contributed by atoms with van der Waals surface area (Å²) in [5.74, 6) is -1.46. The van der Waals surface area contributed by atoms with Crippen LogP contribution in [0.2, 0.25) is 0 Å². The van der Waals surface area contributed by atoms with Crippen LogP contribution in [0, 0.1) is 0 Å². The fourth-order valence-corrected chi connectivity index (χ4v) is 6.12. The van der Waals surface area contributed by atoms with E-state index in [9.17, 15) is 14.7 Å². The summed E-state index contributed by atoms with van der Waals surface area (Å²) in [6.07, 6.45) is 44.7. The molecule has 0 aromatic carbocycles. The molecular weight excluding hydrogens is 556 g/mol. The van der Waals surface area contributed by atoms with Gasteiger partial charge in [-0.15, -0.1) is 0 Å². The maximum Gasteiger partial charge on any atom is 0.305 e. The van der Waals surface area contributed by atoms with Gasteiger partial charge < -0.3 is 10.8 Å². The largest absolute Gasteiger partial charge is 0.481 e. The molecular formula is C40H76N2O3. The molecule has 0 spiro atoms. The number of nitrogens with zero attached hydrogens (tertiary/aromatic N) is 1. The number of allylic oxidation sites excluding steroid dienone is 4. The molecule has 0 aliphatic rings. The molecule has 264 valence electrons. The molecule has 0 fully saturated rings. The quantitative estimate of drug-likeness (QED) is 0.0531. The molecule has 0 aromatic rings. The Kier molecular flexibility index (Phi) is 34.0. The number of carbonyl (C=O) groups is 2. The van der Waals surface area contributed by atoms with Crippen LogP contribution < -0.4 is 5.73 Å². The number of hydrogen-bond acceptors (Lipinski definition) is 3. The zero-order valence-corrected chi connectivity index (χ0v) is 30.1. The highest BCUT2D eigenvalue weighted by Gasteiger charge is 2.25. The van der Waals surface area contributed by atoms with Crippen LogP contribution in [0.1, 0.15) is 200 Å². The second-order valence-corrected chi connectivity index (χ2v) is 13.4. The number of primary amides is 1. The van der Waals surface area contributed by atoms with E-state index >= 15 is 0 Å². The van der Waals surface area contributed by atoms with Crippen LogP contribution in [0.3, 0.4) is 0 Å². The molecule has 45 heavy (non-hydrogen) atoms. The Bertz CT molecular complexity index is 664. The molecule has 3 N–H and O–H groups in total. The van der Waals surface area contributed by atoms with Crippen molar-refractivity contribution < 1.29 is 14.7 Å². The summed E-state index contributed by atoms with van der Waals surface area (Å²) >= 11 is 0. The third-order valence-corrected chi connectivity index (χ3v) is 9.05. The first-order chi connectivity index (χ1) is 22.0. The summed E-state index contributed by atoms with van der Waals surface area (Å²) in [5, 5.41) is 9.36. The lowest BCUT2D eigenvalue weighted by Crippen LogP contribution is -2.46. The van der Waals surface area contributed by atoms with Gasteiger partial charge in [0, 0.05) is 0 Å². The minimum Gasteiger partial charge on any atom is -0.481 e. The maximum absolute atomic E-state index is 12.1. The van der Waals surface area contributed by atoms with E-state index in [-0.39, 0.29) is 6.42 Å². The molecule has 0 aliphatic heterocycles. The zero-order chi connectivity index (χ0) is 33.1. The molecule has 0 unspecified atom stereocenters. The van der Waals surface area contributed by atoms with Crippen molar-refractivity contribution in [1.29, 1.82) is 0 Å². The van der Waals surface area contributed by atoms with E-state index in [1.54, 1.807) is 0 Å². The van der Waals surface area contributed by atoms with Crippen molar-refractivity contribution in [2.45, 2.75) is 206 Å². The Balaban J connectivity index is 4.01. The number of aliphatic carboxylic acids is 1.